The number of hydrogen-bond donors (Lipinski definition) is 2. The lowest BCUT2D eigenvalue weighted by molar-refractivity contribution is -0.0579. The number of hydrogen-bond acceptors (Lipinski definition) is 4. The van der Waals surface area contributed by atoms with Crippen LogP contribution in [0.15, 0.2) is 18.2 Å². The van der Waals surface area contributed by atoms with Crippen molar-refractivity contribution in [2.75, 3.05) is 0 Å². The Morgan fingerprint density at radius 3 is 2.89 bits per heavy atom. The van der Waals surface area contributed by atoms with Crippen molar-refractivity contribution in [3.05, 3.63) is 29.3 Å². The van der Waals surface area contributed by atoms with Crippen molar-refractivity contribution in [3.8, 4) is 5.75 Å². The van der Waals surface area contributed by atoms with Crippen molar-refractivity contribution in [3.63, 3.8) is 0 Å². The Balaban J connectivity index is 1.76. The van der Waals surface area contributed by atoms with Crippen LogP contribution in [-0.2, 0) is 6.54 Å². The largest absolute Gasteiger partial charge is 0.489 e. The van der Waals surface area contributed by atoms with Crippen molar-refractivity contribution in [2.45, 2.75) is 44.4 Å². The Kier molecular flexibility index (Phi) is 3.16. The highest BCUT2D eigenvalue weighted by molar-refractivity contribution is 5.97. The van der Waals surface area contributed by atoms with Crippen molar-refractivity contribution in [1.82, 2.24) is 5.06 Å². The van der Waals surface area contributed by atoms with Gasteiger partial charge in [-0.2, -0.15) is 0 Å². The summed E-state index contributed by atoms with van der Waals surface area (Å²) >= 11 is 0. The molecule has 0 unspecified atom stereocenters. The molecule has 0 radical (unpaired) electrons. The summed E-state index contributed by atoms with van der Waals surface area (Å²) in [5, 5.41) is 10.1. The molecule has 102 valence electrons. The number of amides is 1. The van der Waals surface area contributed by atoms with Crippen LogP contribution < -0.4 is 10.5 Å². The monoisotopic (exact) mass is 262 g/mol. The van der Waals surface area contributed by atoms with Gasteiger partial charge in [-0.1, -0.05) is 6.42 Å². The molecule has 0 spiro atoms. The van der Waals surface area contributed by atoms with Crippen LogP contribution >= 0.6 is 0 Å². The zero-order chi connectivity index (χ0) is 13.4. The molecule has 0 aromatic heterocycles. The minimum atomic E-state index is -0.351. The Hall–Kier alpha value is -1.59. The van der Waals surface area contributed by atoms with Gasteiger partial charge in [-0.3, -0.25) is 10.0 Å². The zero-order valence-corrected chi connectivity index (χ0v) is 10.7. The van der Waals surface area contributed by atoms with E-state index in [1.165, 1.54) is 6.42 Å². The molecule has 5 heteroatoms. The zero-order valence-electron chi connectivity index (χ0n) is 10.7. The molecule has 1 aromatic carbocycles. The molecule has 3 rings (SSSR count). The highest BCUT2D eigenvalue weighted by Gasteiger charge is 2.28. The van der Waals surface area contributed by atoms with Crippen molar-refractivity contribution in [1.29, 1.82) is 0 Å². The lowest BCUT2D eigenvalue weighted by atomic mass is 9.93. The minimum absolute atomic E-state index is 0.0501. The number of ether oxygens (including phenoxy) is 1. The van der Waals surface area contributed by atoms with Crippen LogP contribution in [0.4, 0.5) is 0 Å². The van der Waals surface area contributed by atoms with E-state index in [4.69, 9.17) is 10.5 Å². The van der Waals surface area contributed by atoms with Crippen LogP contribution in [0, 0.1) is 0 Å². The molecule has 2 atom stereocenters. The van der Waals surface area contributed by atoms with E-state index in [9.17, 15) is 10.0 Å². The third-order valence-corrected chi connectivity index (χ3v) is 3.90. The normalized spacial score (nSPS) is 26.4. The Labute approximate surface area is 111 Å². The number of hydroxylamine groups is 2. The molecule has 3 N–H and O–H groups in total. The summed E-state index contributed by atoms with van der Waals surface area (Å²) in [6.07, 6.45) is 4.34. The third kappa shape index (κ3) is 2.31. The van der Waals surface area contributed by atoms with Gasteiger partial charge in [0.05, 0.1) is 6.54 Å². The second-order valence-corrected chi connectivity index (χ2v) is 5.29. The lowest BCUT2D eigenvalue weighted by Crippen LogP contribution is -2.41. The van der Waals surface area contributed by atoms with Crippen molar-refractivity contribution in [2.24, 2.45) is 5.73 Å². The van der Waals surface area contributed by atoms with Gasteiger partial charge in [-0.05, 0) is 43.0 Å². The van der Waals surface area contributed by atoms with Gasteiger partial charge in [0.25, 0.3) is 5.91 Å². The molecule has 0 bridgehead atoms. The predicted molar refractivity (Wildman–Crippen MR) is 69.0 cm³/mol. The Morgan fingerprint density at radius 1 is 1.32 bits per heavy atom. The first-order valence-electron chi connectivity index (χ1n) is 6.71. The van der Waals surface area contributed by atoms with Gasteiger partial charge < -0.3 is 10.5 Å². The number of fused-ring (bicyclic) bond motifs is 1. The second kappa shape index (κ2) is 4.83. The number of nitrogens with zero attached hydrogens (tertiary/aromatic N) is 1. The highest BCUT2D eigenvalue weighted by atomic mass is 16.5. The second-order valence-electron chi connectivity index (χ2n) is 5.29. The van der Waals surface area contributed by atoms with Gasteiger partial charge in [-0.15, -0.1) is 0 Å². The van der Waals surface area contributed by atoms with Gasteiger partial charge in [0.15, 0.2) is 0 Å². The summed E-state index contributed by atoms with van der Waals surface area (Å²) in [6.45, 7) is 0.224. The fraction of sp³-hybridized carbons (Fsp3) is 0.500. The van der Waals surface area contributed by atoms with Crippen LogP contribution in [0.25, 0.3) is 0 Å². The van der Waals surface area contributed by atoms with E-state index in [1.54, 1.807) is 12.1 Å². The molecule has 1 aliphatic heterocycles. The standard InChI is InChI=1S/C14H18N2O3/c15-12-3-1-2-4-13(12)19-10-5-6-11-9(7-10)8-16(18)14(11)17/h5-7,12-13,18H,1-4,8,15H2/t12-,13-/m0/s1. The van der Waals surface area contributed by atoms with Gasteiger partial charge in [-0.25, -0.2) is 5.06 Å². The molecule has 2 aliphatic rings. The Morgan fingerprint density at radius 2 is 2.11 bits per heavy atom. The minimum Gasteiger partial charge on any atom is -0.489 e. The number of rotatable bonds is 2. The molecule has 1 aliphatic carbocycles. The van der Waals surface area contributed by atoms with Crippen LogP contribution in [0.2, 0.25) is 0 Å². The lowest BCUT2D eigenvalue weighted by Gasteiger charge is -2.29. The summed E-state index contributed by atoms with van der Waals surface area (Å²) in [7, 11) is 0. The maximum absolute atomic E-state index is 11.6. The maximum Gasteiger partial charge on any atom is 0.277 e. The van der Waals surface area contributed by atoms with Gasteiger partial charge in [0.1, 0.15) is 11.9 Å². The quantitative estimate of drug-likeness (QED) is 0.795. The molecular weight excluding hydrogens is 244 g/mol. The molecule has 1 amide bonds. The molecule has 1 fully saturated rings. The van der Waals surface area contributed by atoms with E-state index in [2.05, 4.69) is 0 Å². The van der Waals surface area contributed by atoms with E-state index < -0.39 is 0 Å². The number of carbonyl (C=O) groups excluding carboxylic acids is 1. The molecule has 1 saturated carbocycles. The van der Waals surface area contributed by atoms with Crippen LogP contribution in [0.5, 0.6) is 5.75 Å². The fourth-order valence-electron chi connectivity index (χ4n) is 2.80. The molecule has 5 nitrogen and oxygen atoms in total. The first-order chi connectivity index (χ1) is 9.15. The topological polar surface area (TPSA) is 75.8 Å². The van der Waals surface area contributed by atoms with E-state index in [0.717, 1.165) is 35.6 Å². The predicted octanol–water partition coefficient (Wildman–Crippen LogP) is 1.68. The van der Waals surface area contributed by atoms with E-state index in [0.29, 0.717) is 5.56 Å². The molecule has 1 aromatic rings. The smallest absolute Gasteiger partial charge is 0.277 e. The summed E-state index contributed by atoms with van der Waals surface area (Å²) in [6, 6.07) is 5.39. The first kappa shape index (κ1) is 12.4. The average molecular weight is 262 g/mol. The van der Waals surface area contributed by atoms with Gasteiger partial charge >= 0.3 is 0 Å². The third-order valence-electron chi connectivity index (χ3n) is 3.90. The number of benzene rings is 1. The molecule has 1 heterocycles. The van der Waals surface area contributed by atoms with Crippen LogP contribution in [0.1, 0.15) is 41.6 Å². The first-order valence-corrected chi connectivity index (χ1v) is 6.71. The summed E-state index contributed by atoms with van der Waals surface area (Å²) in [5.41, 5.74) is 7.40. The van der Waals surface area contributed by atoms with Crippen molar-refractivity contribution < 1.29 is 14.7 Å². The van der Waals surface area contributed by atoms with Crippen LogP contribution in [0.3, 0.4) is 0 Å². The van der Waals surface area contributed by atoms with E-state index >= 15 is 0 Å². The molecule has 0 saturated heterocycles. The average Bonchev–Trinajstić information content (AvgIpc) is 2.68. The number of nitrogens with two attached hydrogens (primary N) is 1. The Bertz CT molecular complexity index is 503. The van der Waals surface area contributed by atoms with Crippen molar-refractivity contribution >= 4 is 5.91 Å². The van der Waals surface area contributed by atoms with Crippen LogP contribution in [-0.4, -0.2) is 28.3 Å². The summed E-state index contributed by atoms with van der Waals surface area (Å²) in [5.74, 6) is 0.375. The van der Waals surface area contributed by atoms with Gasteiger partial charge in [0.2, 0.25) is 0 Å². The number of carbonyl (C=O) groups is 1. The summed E-state index contributed by atoms with van der Waals surface area (Å²) in [4.78, 5) is 11.6. The summed E-state index contributed by atoms with van der Waals surface area (Å²) < 4.78 is 5.93. The molecule has 19 heavy (non-hydrogen) atoms. The fourth-order valence-corrected chi connectivity index (χ4v) is 2.80. The van der Waals surface area contributed by atoms with E-state index in [-0.39, 0.29) is 24.6 Å². The van der Waals surface area contributed by atoms with Gasteiger partial charge in [0, 0.05) is 11.6 Å². The molecular formula is C14H18N2O3. The SMILES string of the molecule is N[C@H]1CCCC[C@@H]1Oc1ccc2c(c1)CN(O)C2=O. The van der Waals surface area contributed by atoms with E-state index in [1.807, 2.05) is 6.07 Å². The maximum atomic E-state index is 11.6. The highest BCUT2D eigenvalue weighted by Crippen LogP contribution is 2.28.